The molecule has 0 saturated carbocycles. The summed E-state index contributed by atoms with van der Waals surface area (Å²) in [5.74, 6) is 0.784. The van der Waals surface area contributed by atoms with Gasteiger partial charge in [-0.15, -0.1) is 11.8 Å². The molecular weight excluding hydrogens is 217 g/mol. The predicted octanol–water partition coefficient (Wildman–Crippen LogP) is 1.53. The second kappa shape index (κ2) is 4.31. The van der Waals surface area contributed by atoms with E-state index in [0.717, 1.165) is 4.90 Å². The molecule has 0 radical (unpaired) electrons. The molecule has 1 heterocycles. The Hall–Kier alpha value is -1.56. The lowest BCUT2D eigenvalue weighted by atomic mass is 10.4. The molecule has 0 bridgehead atoms. The maximum atomic E-state index is 12.8. The van der Waals surface area contributed by atoms with Gasteiger partial charge < -0.3 is 0 Å². The fraction of sp³-hybridized carbons (Fsp3) is 0.111. The van der Waals surface area contributed by atoms with Crippen molar-refractivity contribution in [3.63, 3.8) is 0 Å². The number of halogens is 1. The van der Waals surface area contributed by atoms with Crippen LogP contribution in [0.15, 0.2) is 34.0 Å². The summed E-state index contributed by atoms with van der Waals surface area (Å²) in [7, 11) is 0. The van der Waals surface area contributed by atoms with E-state index in [-0.39, 0.29) is 11.5 Å². The maximum absolute atomic E-state index is 12.8. The Balaban J connectivity index is 2.02. The van der Waals surface area contributed by atoms with Crippen molar-refractivity contribution in [2.45, 2.75) is 10.6 Å². The Morgan fingerprint density at radius 2 is 2.33 bits per heavy atom. The third-order valence-electron chi connectivity index (χ3n) is 1.72. The number of rotatable bonds is 3. The van der Waals surface area contributed by atoms with Gasteiger partial charge in [-0.3, -0.25) is 4.98 Å². The molecule has 1 aromatic carbocycles. The van der Waals surface area contributed by atoms with Crippen molar-refractivity contribution >= 4 is 11.8 Å². The van der Waals surface area contributed by atoms with Crippen LogP contribution in [0.3, 0.4) is 0 Å². The van der Waals surface area contributed by atoms with Gasteiger partial charge in [0.15, 0.2) is 0 Å². The van der Waals surface area contributed by atoms with Gasteiger partial charge in [0.2, 0.25) is 0 Å². The number of nitrogens with one attached hydrogen (secondary N) is 2. The molecule has 0 aliphatic carbocycles. The number of thioether (sulfide) groups is 1. The van der Waals surface area contributed by atoms with E-state index in [1.165, 1.54) is 23.9 Å². The van der Waals surface area contributed by atoms with E-state index < -0.39 is 0 Å². The Labute approximate surface area is 88.9 Å². The second-order valence-corrected chi connectivity index (χ2v) is 3.92. The molecule has 2 aromatic rings. The number of hydrogen-bond acceptors (Lipinski definition) is 3. The van der Waals surface area contributed by atoms with Crippen LogP contribution in [0, 0.1) is 5.82 Å². The number of hydrogen-bond donors (Lipinski definition) is 2. The van der Waals surface area contributed by atoms with Gasteiger partial charge in [0.1, 0.15) is 11.6 Å². The molecule has 0 amide bonds. The standard InChI is InChI=1S/C9H8FN3OS/c10-6-2-1-3-7(4-6)15-5-8-11-9(14)13-12-8/h1-4H,5H2,(H2,11,12,13,14). The zero-order valence-electron chi connectivity index (χ0n) is 7.66. The zero-order valence-corrected chi connectivity index (χ0v) is 8.47. The van der Waals surface area contributed by atoms with Crippen LogP contribution in [0.2, 0.25) is 0 Å². The van der Waals surface area contributed by atoms with Crippen molar-refractivity contribution in [1.82, 2.24) is 15.2 Å². The Bertz CT molecular complexity index is 508. The lowest BCUT2D eigenvalue weighted by Gasteiger charge is -1.98. The van der Waals surface area contributed by atoms with Gasteiger partial charge in [0, 0.05) is 4.90 Å². The minimum Gasteiger partial charge on any atom is -0.292 e. The fourth-order valence-corrected chi connectivity index (χ4v) is 1.89. The SMILES string of the molecule is O=c1[nH]nc(CSc2cccc(F)c2)[nH]1. The molecule has 15 heavy (non-hydrogen) atoms. The lowest BCUT2D eigenvalue weighted by Crippen LogP contribution is -2.00. The van der Waals surface area contributed by atoms with Crippen LogP contribution in [0.4, 0.5) is 4.39 Å². The summed E-state index contributed by atoms with van der Waals surface area (Å²) >= 11 is 1.41. The molecule has 4 nitrogen and oxygen atoms in total. The lowest BCUT2D eigenvalue weighted by molar-refractivity contribution is 0.624. The van der Waals surface area contributed by atoms with E-state index in [9.17, 15) is 9.18 Å². The summed E-state index contributed by atoms with van der Waals surface area (Å²) in [6.07, 6.45) is 0. The summed E-state index contributed by atoms with van der Waals surface area (Å²) in [4.78, 5) is 14.0. The molecule has 0 unspecified atom stereocenters. The first kappa shape index (κ1) is 9.97. The minimum atomic E-state index is -0.329. The van der Waals surface area contributed by atoms with E-state index in [1.54, 1.807) is 12.1 Å². The van der Waals surface area contributed by atoms with Crippen LogP contribution in [0.1, 0.15) is 5.82 Å². The quantitative estimate of drug-likeness (QED) is 0.779. The molecule has 2 N–H and O–H groups in total. The molecule has 0 saturated heterocycles. The third-order valence-corrected chi connectivity index (χ3v) is 2.73. The van der Waals surface area contributed by atoms with E-state index >= 15 is 0 Å². The van der Waals surface area contributed by atoms with Crippen LogP contribution in [-0.2, 0) is 5.75 Å². The van der Waals surface area contributed by atoms with Gasteiger partial charge in [-0.1, -0.05) is 6.07 Å². The third kappa shape index (κ3) is 2.69. The highest BCUT2D eigenvalue weighted by Crippen LogP contribution is 2.21. The molecule has 6 heteroatoms. The molecule has 1 aromatic heterocycles. The van der Waals surface area contributed by atoms with Gasteiger partial charge >= 0.3 is 5.69 Å². The largest absolute Gasteiger partial charge is 0.340 e. The highest BCUT2D eigenvalue weighted by atomic mass is 32.2. The molecule has 78 valence electrons. The number of nitrogens with zero attached hydrogens (tertiary/aromatic N) is 1. The highest BCUT2D eigenvalue weighted by Gasteiger charge is 2.00. The van der Waals surface area contributed by atoms with Gasteiger partial charge in [-0.25, -0.2) is 14.3 Å². The van der Waals surface area contributed by atoms with E-state index in [2.05, 4.69) is 15.2 Å². The first-order valence-electron chi connectivity index (χ1n) is 4.26. The van der Waals surface area contributed by atoms with Crippen molar-refractivity contribution in [3.8, 4) is 0 Å². The number of H-pyrrole nitrogens is 2. The Morgan fingerprint density at radius 3 is 3.00 bits per heavy atom. The summed E-state index contributed by atoms with van der Waals surface area (Å²) < 4.78 is 12.8. The number of aromatic amines is 2. The predicted molar refractivity (Wildman–Crippen MR) is 55.2 cm³/mol. The van der Waals surface area contributed by atoms with Gasteiger partial charge in [0.25, 0.3) is 0 Å². The van der Waals surface area contributed by atoms with Crippen LogP contribution in [0.25, 0.3) is 0 Å². The van der Waals surface area contributed by atoms with E-state index in [0.29, 0.717) is 11.6 Å². The second-order valence-electron chi connectivity index (χ2n) is 2.87. The van der Waals surface area contributed by atoms with E-state index in [1.807, 2.05) is 0 Å². The number of benzene rings is 1. The fourth-order valence-electron chi connectivity index (χ4n) is 1.08. The maximum Gasteiger partial charge on any atom is 0.340 e. The molecule has 0 fully saturated rings. The van der Waals surface area contributed by atoms with Crippen molar-refractivity contribution < 1.29 is 4.39 Å². The smallest absolute Gasteiger partial charge is 0.292 e. The number of aromatic nitrogens is 3. The van der Waals surface area contributed by atoms with Crippen molar-refractivity contribution in [3.05, 3.63) is 46.4 Å². The van der Waals surface area contributed by atoms with Crippen LogP contribution in [0.5, 0.6) is 0 Å². The Kier molecular flexibility index (Phi) is 2.86. The van der Waals surface area contributed by atoms with E-state index in [4.69, 9.17) is 0 Å². The molecule has 0 aliphatic rings. The summed E-state index contributed by atoms with van der Waals surface area (Å²) in [5, 5.41) is 6.01. The molecular formula is C9H8FN3OS. The summed E-state index contributed by atoms with van der Waals surface area (Å²) in [6.45, 7) is 0. The highest BCUT2D eigenvalue weighted by molar-refractivity contribution is 7.98. The normalized spacial score (nSPS) is 10.5. The molecule has 2 rings (SSSR count). The Morgan fingerprint density at radius 1 is 1.47 bits per heavy atom. The van der Waals surface area contributed by atoms with Crippen molar-refractivity contribution in [2.24, 2.45) is 0 Å². The van der Waals surface area contributed by atoms with Gasteiger partial charge in [0.05, 0.1) is 5.75 Å². The first-order chi connectivity index (χ1) is 7.24. The topological polar surface area (TPSA) is 61.5 Å². The average Bonchev–Trinajstić information content (AvgIpc) is 2.62. The minimum absolute atomic E-state index is 0.268. The van der Waals surface area contributed by atoms with Crippen LogP contribution in [-0.4, -0.2) is 15.2 Å². The molecule has 0 atom stereocenters. The molecule has 0 spiro atoms. The summed E-state index contributed by atoms with van der Waals surface area (Å²) in [5.41, 5.74) is -0.329. The van der Waals surface area contributed by atoms with Gasteiger partial charge in [-0.05, 0) is 18.2 Å². The van der Waals surface area contributed by atoms with Crippen LogP contribution < -0.4 is 5.69 Å². The van der Waals surface area contributed by atoms with Gasteiger partial charge in [-0.2, -0.15) is 5.10 Å². The average molecular weight is 225 g/mol. The van der Waals surface area contributed by atoms with Crippen molar-refractivity contribution in [2.75, 3.05) is 0 Å². The van der Waals surface area contributed by atoms with Crippen molar-refractivity contribution in [1.29, 1.82) is 0 Å². The monoisotopic (exact) mass is 225 g/mol. The zero-order chi connectivity index (χ0) is 10.7. The summed E-state index contributed by atoms with van der Waals surface area (Å²) in [6, 6.07) is 6.28. The molecule has 0 aliphatic heterocycles. The first-order valence-corrected chi connectivity index (χ1v) is 5.24. The van der Waals surface area contributed by atoms with Crippen LogP contribution >= 0.6 is 11.8 Å².